The normalized spacial score (nSPS) is 13.0. The van der Waals surface area contributed by atoms with Crippen LogP contribution in [0.4, 0.5) is 0 Å². The highest BCUT2D eigenvalue weighted by Gasteiger charge is 2.41. The summed E-state index contributed by atoms with van der Waals surface area (Å²) in [6.45, 7) is 12.2. The molecule has 0 aliphatic carbocycles. The number of carbonyl (C=O) groups excluding carboxylic acids is 2. The molecule has 0 spiro atoms. The minimum absolute atomic E-state index is 0.00464. The molecular formula is C25H32ClNO4SSi. The van der Waals surface area contributed by atoms with Crippen LogP contribution in [-0.2, 0) is 19.6 Å². The van der Waals surface area contributed by atoms with Gasteiger partial charge in [0.15, 0.2) is 0 Å². The molecule has 0 aliphatic rings. The van der Waals surface area contributed by atoms with Crippen LogP contribution in [0.1, 0.15) is 44.7 Å². The first kappa shape index (κ1) is 27.0. The molecule has 2 aromatic carbocycles. The lowest BCUT2D eigenvalue weighted by Gasteiger charge is -2.35. The molecular weight excluding hydrogens is 474 g/mol. The van der Waals surface area contributed by atoms with Crippen molar-refractivity contribution in [3.63, 3.8) is 0 Å². The van der Waals surface area contributed by atoms with Crippen molar-refractivity contribution >= 4 is 46.6 Å². The fourth-order valence-electron chi connectivity index (χ4n) is 3.00. The van der Waals surface area contributed by atoms with E-state index in [-0.39, 0.29) is 20.9 Å². The van der Waals surface area contributed by atoms with Crippen molar-refractivity contribution in [3.05, 3.63) is 70.8 Å². The molecule has 1 amide bonds. The van der Waals surface area contributed by atoms with E-state index in [4.69, 9.17) is 11.6 Å². The van der Waals surface area contributed by atoms with Crippen molar-refractivity contribution in [2.24, 2.45) is 0 Å². The van der Waals surface area contributed by atoms with E-state index in [9.17, 15) is 18.0 Å². The molecule has 0 aliphatic heterocycles. The molecule has 2 aromatic rings. The lowest BCUT2D eigenvalue weighted by Crippen LogP contribution is -2.46. The standard InChI is InChI=1S/C25H32ClNO4SSi/c1-18-10-16-21(17-11-18)32(30,31)27-24(29)22(19-12-14-20(26)15-13-19)8-7-9-23(28)33(5,6)25(2,3)4/h8,10-17H,7,9H2,1-6H3,(H,27,29)/b22-8+. The van der Waals surface area contributed by atoms with Gasteiger partial charge in [-0.2, -0.15) is 0 Å². The van der Waals surface area contributed by atoms with Gasteiger partial charge in [-0.1, -0.05) is 81.4 Å². The molecule has 0 saturated heterocycles. The van der Waals surface area contributed by atoms with Crippen molar-refractivity contribution in [2.45, 2.75) is 63.6 Å². The molecule has 5 nitrogen and oxygen atoms in total. The second-order valence-corrected chi connectivity index (χ2v) is 17.1. The third-order valence-corrected chi connectivity index (χ3v) is 13.2. The van der Waals surface area contributed by atoms with Gasteiger partial charge in [0.1, 0.15) is 13.5 Å². The summed E-state index contributed by atoms with van der Waals surface area (Å²) in [6, 6.07) is 12.8. The van der Waals surface area contributed by atoms with Crippen LogP contribution < -0.4 is 4.72 Å². The van der Waals surface area contributed by atoms with E-state index in [0.717, 1.165) is 5.56 Å². The highest BCUT2D eigenvalue weighted by atomic mass is 35.5. The maximum absolute atomic E-state index is 13.0. The molecule has 0 aromatic heterocycles. The van der Waals surface area contributed by atoms with Gasteiger partial charge < -0.3 is 4.79 Å². The Bertz CT molecular complexity index is 1150. The third kappa shape index (κ3) is 6.88. The Hall–Kier alpha value is -2.22. The SMILES string of the molecule is Cc1ccc(S(=O)(=O)NC(=O)/C(=C/CCC(=O)[Si](C)(C)C(C)(C)C)c2ccc(Cl)cc2)cc1. The van der Waals surface area contributed by atoms with Crippen LogP contribution in [0.3, 0.4) is 0 Å². The van der Waals surface area contributed by atoms with Crippen molar-refractivity contribution in [1.82, 2.24) is 4.72 Å². The summed E-state index contributed by atoms with van der Waals surface area (Å²) in [5, 5.41) is 0.639. The van der Waals surface area contributed by atoms with Crippen LogP contribution in [0.2, 0.25) is 23.2 Å². The predicted molar refractivity (Wildman–Crippen MR) is 137 cm³/mol. The average Bonchev–Trinajstić information content (AvgIpc) is 2.71. The molecule has 8 heteroatoms. The zero-order valence-electron chi connectivity index (χ0n) is 20.0. The topological polar surface area (TPSA) is 80.3 Å². The maximum atomic E-state index is 13.0. The van der Waals surface area contributed by atoms with Gasteiger partial charge in [-0.05, 0) is 48.2 Å². The Labute approximate surface area is 203 Å². The second-order valence-electron chi connectivity index (χ2n) is 9.71. The number of halogens is 1. The van der Waals surface area contributed by atoms with Gasteiger partial charge in [0.25, 0.3) is 15.9 Å². The molecule has 2 rings (SSSR count). The molecule has 33 heavy (non-hydrogen) atoms. The first-order chi connectivity index (χ1) is 15.1. The van der Waals surface area contributed by atoms with Gasteiger partial charge in [-0.3, -0.25) is 4.79 Å². The second kappa shape index (κ2) is 10.4. The number of aryl methyl sites for hydroxylation is 1. The van der Waals surface area contributed by atoms with Gasteiger partial charge in [0, 0.05) is 17.0 Å². The zero-order valence-corrected chi connectivity index (χ0v) is 22.6. The summed E-state index contributed by atoms with van der Waals surface area (Å²) in [7, 11) is -6.21. The number of sulfonamides is 1. The van der Waals surface area contributed by atoms with Crippen molar-refractivity contribution < 1.29 is 18.0 Å². The number of allylic oxidation sites excluding steroid dienone is 1. The average molecular weight is 506 g/mol. The number of hydrogen-bond acceptors (Lipinski definition) is 4. The maximum Gasteiger partial charge on any atom is 0.265 e. The smallest absolute Gasteiger partial charge is 0.265 e. The third-order valence-electron chi connectivity index (χ3n) is 6.25. The lowest BCUT2D eigenvalue weighted by molar-refractivity contribution is -0.114. The Morgan fingerprint density at radius 2 is 1.55 bits per heavy atom. The van der Waals surface area contributed by atoms with E-state index in [2.05, 4.69) is 38.6 Å². The quantitative estimate of drug-likeness (QED) is 0.356. The van der Waals surface area contributed by atoms with Crippen LogP contribution >= 0.6 is 11.6 Å². The number of carbonyl (C=O) groups is 2. The van der Waals surface area contributed by atoms with Crippen molar-refractivity contribution in [3.8, 4) is 0 Å². The summed E-state index contributed by atoms with van der Waals surface area (Å²) in [6.07, 6.45) is 2.27. The molecule has 0 atom stereocenters. The molecule has 0 heterocycles. The summed E-state index contributed by atoms with van der Waals surface area (Å²) in [4.78, 5) is 26.0. The summed E-state index contributed by atoms with van der Waals surface area (Å²) < 4.78 is 27.6. The number of rotatable bonds is 8. The highest BCUT2D eigenvalue weighted by molar-refractivity contribution is 7.90. The summed E-state index contributed by atoms with van der Waals surface area (Å²) >= 11 is 5.98. The van der Waals surface area contributed by atoms with E-state index < -0.39 is 24.0 Å². The first-order valence-corrected chi connectivity index (χ1v) is 15.6. The monoisotopic (exact) mass is 505 g/mol. The number of amides is 1. The lowest BCUT2D eigenvalue weighted by atomic mass is 10.0. The Kier molecular flexibility index (Phi) is 8.49. The highest BCUT2D eigenvalue weighted by Crippen LogP contribution is 2.37. The minimum Gasteiger partial charge on any atom is -0.305 e. The Balaban J connectivity index is 2.30. The van der Waals surface area contributed by atoms with Crippen LogP contribution in [0.5, 0.6) is 0 Å². The van der Waals surface area contributed by atoms with Gasteiger partial charge in [-0.15, -0.1) is 0 Å². The molecule has 178 valence electrons. The molecule has 0 bridgehead atoms. The van der Waals surface area contributed by atoms with Gasteiger partial charge >= 0.3 is 0 Å². The van der Waals surface area contributed by atoms with Gasteiger partial charge in [0.05, 0.1) is 4.90 Å². The fourth-order valence-corrected chi connectivity index (χ4v) is 5.70. The van der Waals surface area contributed by atoms with Crippen LogP contribution in [0, 0.1) is 6.92 Å². The van der Waals surface area contributed by atoms with Crippen LogP contribution in [0.15, 0.2) is 59.5 Å². The van der Waals surface area contributed by atoms with E-state index in [1.54, 1.807) is 42.5 Å². The number of hydrogen-bond donors (Lipinski definition) is 1. The van der Waals surface area contributed by atoms with Gasteiger partial charge in [0.2, 0.25) is 0 Å². The Morgan fingerprint density at radius 1 is 1.00 bits per heavy atom. The first-order valence-electron chi connectivity index (χ1n) is 10.8. The Morgan fingerprint density at radius 3 is 2.06 bits per heavy atom. The fraction of sp³-hybridized carbons (Fsp3) is 0.360. The van der Waals surface area contributed by atoms with E-state index >= 15 is 0 Å². The van der Waals surface area contributed by atoms with Crippen molar-refractivity contribution in [2.75, 3.05) is 0 Å². The van der Waals surface area contributed by atoms with Gasteiger partial charge in [-0.25, -0.2) is 13.1 Å². The van der Waals surface area contributed by atoms with Crippen molar-refractivity contribution in [1.29, 1.82) is 0 Å². The summed E-state index contributed by atoms with van der Waals surface area (Å²) in [5.41, 5.74) is 1.62. The number of nitrogens with one attached hydrogen (secondary N) is 1. The van der Waals surface area contributed by atoms with Crippen LogP contribution in [-0.4, -0.2) is 27.8 Å². The summed E-state index contributed by atoms with van der Waals surface area (Å²) in [5.74, 6) is -0.752. The predicted octanol–water partition coefficient (Wildman–Crippen LogP) is 5.93. The molecule has 0 unspecified atom stereocenters. The molecule has 1 N–H and O–H groups in total. The van der Waals surface area contributed by atoms with E-state index in [1.807, 2.05) is 6.92 Å². The number of benzene rings is 2. The minimum atomic E-state index is -4.05. The van der Waals surface area contributed by atoms with E-state index in [0.29, 0.717) is 23.4 Å². The van der Waals surface area contributed by atoms with Crippen LogP contribution in [0.25, 0.3) is 5.57 Å². The largest absolute Gasteiger partial charge is 0.305 e. The zero-order chi connectivity index (χ0) is 25.0. The molecule has 0 fully saturated rings. The van der Waals surface area contributed by atoms with E-state index in [1.165, 1.54) is 12.1 Å². The molecule has 0 radical (unpaired) electrons. The molecule has 0 saturated carbocycles.